The molecule has 1 saturated carbocycles. The third-order valence-corrected chi connectivity index (χ3v) is 3.10. The van der Waals surface area contributed by atoms with Crippen LogP contribution < -0.4 is 0 Å². The second-order valence-electron chi connectivity index (χ2n) is 4.77. The van der Waals surface area contributed by atoms with Crippen LogP contribution in [0.1, 0.15) is 24.4 Å². The van der Waals surface area contributed by atoms with Gasteiger partial charge < -0.3 is 9.52 Å². The van der Waals surface area contributed by atoms with Crippen molar-refractivity contribution in [1.82, 2.24) is 4.90 Å². The molecule has 0 atom stereocenters. The minimum absolute atomic E-state index is 0.490. The summed E-state index contributed by atoms with van der Waals surface area (Å²) in [5, 5.41) is 9.07. The summed E-state index contributed by atoms with van der Waals surface area (Å²) in [5.41, 5.74) is -0.490. The smallest absolute Gasteiger partial charge is 0.310 e. The molecule has 4 nitrogen and oxygen atoms in total. The Morgan fingerprint density at radius 1 is 1.56 bits per heavy atom. The van der Waals surface area contributed by atoms with Crippen LogP contribution in [0, 0.1) is 12.3 Å². The lowest BCUT2D eigenvalue weighted by atomic mass is 10.1. The van der Waals surface area contributed by atoms with Crippen molar-refractivity contribution >= 4 is 5.97 Å². The Morgan fingerprint density at radius 2 is 2.25 bits per heavy atom. The van der Waals surface area contributed by atoms with Gasteiger partial charge in [-0.3, -0.25) is 9.69 Å². The average Bonchev–Trinajstić information content (AvgIpc) is 2.85. The SMILES string of the molecule is Cc1ccc(CN(C)CC2(C(=O)O)CC2)o1. The van der Waals surface area contributed by atoms with Crippen LogP contribution in [0.4, 0.5) is 0 Å². The highest BCUT2D eigenvalue weighted by molar-refractivity contribution is 5.78. The number of hydrogen-bond acceptors (Lipinski definition) is 3. The highest BCUT2D eigenvalue weighted by atomic mass is 16.4. The third kappa shape index (κ3) is 2.27. The van der Waals surface area contributed by atoms with Gasteiger partial charge in [0.25, 0.3) is 0 Å². The van der Waals surface area contributed by atoms with Gasteiger partial charge in [-0.1, -0.05) is 0 Å². The minimum Gasteiger partial charge on any atom is -0.481 e. The number of rotatable bonds is 5. The molecule has 1 aliphatic rings. The van der Waals surface area contributed by atoms with Gasteiger partial charge in [-0.25, -0.2) is 0 Å². The highest BCUT2D eigenvalue weighted by Gasteiger charge is 2.50. The second kappa shape index (κ2) is 3.94. The molecule has 1 N–H and O–H groups in total. The van der Waals surface area contributed by atoms with E-state index in [9.17, 15) is 4.79 Å². The molecule has 0 bridgehead atoms. The van der Waals surface area contributed by atoms with Crippen molar-refractivity contribution in [3.05, 3.63) is 23.7 Å². The van der Waals surface area contributed by atoms with E-state index in [-0.39, 0.29) is 0 Å². The number of carbonyl (C=O) groups is 1. The molecule has 0 amide bonds. The van der Waals surface area contributed by atoms with E-state index in [1.54, 1.807) is 0 Å². The predicted octanol–water partition coefficient (Wildman–Crippen LogP) is 1.88. The van der Waals surface area contributed by atoms with Crippen LogP contribution in [0.5, 0.6) is 0 Å². The lowest BCUT2D eigenvalue weighted by molar-refractivity contribution is -0.144. The average molecular weight is 223 g/mol. The molecular formula is C12H17NO3. The molecule has 0 saturated heterocycles. The lowest BCUT2D eigenvalue weighted by Crippen LogP contribution is -2.31. The number of nitrogens with zero attached hydrogens (tertiary/aromatic N) is 1. The molecule has 1 aliphatic carbocycles. The fourth-order valence-electron chi connectivity index (χ4n) is 2.00. The van der Waals surface area contributed by atoms with Crippen LogP contribution in [0.3, 0.4) is 0 Å². The molecule has 1 aromatic rings. The molecule has 0 aliphatic heterocycles. The van der Waals surface area contributed by atoms with E-state index in [1.807, 2.05) is 31.0 Å². The summed E-state index contributed by atoms with van der Waals surface area (Å²) >= 11 is 0. The summed E-state index contributed by atoms with van der Waals surface area (Å²) in [6.07, 6.45) is 1.59. The summed E-state index contributed by atoms with van der Waals surface area (Å²) in [4.78, 5) is 13.0. The van der Waals surface area contributed by atoms with Crippen molar-refractivity contribution in [2.24, 2.45) is 5.41 Å². The minimum atomic E-state index is -0.671. The standard InChI is InChI=1S/C12H17NO3/c1-9-3-4-10(16-9)7-13(2)8-12(5-6-12)11(14)15/h3-4H,5-8H2,1-2H3,(H,14,15). The molecule has 1 heterocycles. The van der Waals surface area contributed by atoms with Gasteiger partial charge in [0.1, 0.15) is 11.5 Å². The Morgan fingerprint density at radius 3 is 2.69 bits per heavy atom. The molecule has 0 unspecified atom stereocenters. The number of carboxylic acid groups (broad SMARTS) is 1. The van der Waals surface area contributed by atoms with Crippen molar-refractivity contribution in [2.75, 3.05) is 13.6 Å². The Balaban J connectivity index is 1.89. The first-order valence-electron chi connectivity index (χ1n) is 5.49. The van der Waals surface area contributed by atoms with Crippen LogP contribution in [0.15, 0.2) is 16.5 Å². The van der Waals surface area contributed by atoms with Crippen LogP contribution >= 0.6 is 0 Å². The van der Waals surface area contributed by atoms with E-state index in [0.29, 0.717) is 13.1 Å². The molecular weight excluding hydrogens is 206 g/mol. The molecule has 1 fully saturated rings. The van der Waals surface area contributed by atoms with Gasteiger partial charge >= 0.3 is 5.97 Å². The first kappa shape index (κ1) is 11.2. The van der Waals surface area contributed by atoms with E-state index in [4.69, 9.17) is 9.52 Å². The first-order valence-corrected chi connectivity index (χ1v) is 5.49. The Labute approximate surface area is 94.9 Å². The van der Waals surface area contributed by atoms with Crippen molar-refractivity contribution < 1.29 is 14.3 Å². The van der Waals surface area contributed by atoms with Crippen LogP contribution in [0.2, 0.25) is 0 Å². The predicted molar refractivity (Wildman–Crippen MR) is 59.1 cm³/mol. The largest absolute Gasteiger partial charge is 0.481 e. The van der Waals surface area contributed by atoms with Crippen molar-refractivity contribution in [3.63, 3.8) is 0 Å². The number of hydrogen-bond donors (Lipinski definition) is 1. The van der Waals surface area contributed by atoms with Crippen LogP contribution in [-0.4, -0.2) is 29.6 Å². The molecule has 2 rings (SSSR count). The molecule has 0 spiro atoms. The second-order valence-corrected chi connectivity index (χ2v) is 4.77. The van der Waals surface area contributed by atoms with Gasteiger partial charge in [0.15, 0.2) is 0 Å². The van der Waals surface area contributed by atoms with Crippen molar-refractivity contribution in [2.45, 2.75) is 26.3 Å². The van der Waals surface area contributed by atoms with Gasteiger partial charge in [0, 0.05) is 6.54 Å². The van der Waals surface area contributed by atoms with Gasteiger partial charge in [0.05, 0.1) is 12.0 Å². The Kier molecular flexibility index (Phi) is 2.76. The zero-order chi connectivity index (χ0) is 11.8. The molecule has 88 valence electrons. The fourth-order valence-corrected chi connectivity index (χ4v) is 2.00. The first-order chi connectivity index (χ1) is 7.52. The quantitative estimate of drug-likeness (QED) is 0.828. The lowest BCUT2D eigenvalue weighted by Gasteiger charge is -2.19. The van der Waals surface area contributed by atoms with Crippen LogP contribution in [-0.2, 0) is 11.3 Å². The summed E-state index contributed by atoms with van der Waals surface area (Å²) in [6, 6.07) is 3.86. The zero-order valence-electron chi connectivity index (χ0n) is 9.69. The topological polar surface area (TPSA) is 53.7 Å². The third-order valence-electron chi connectivity index (χ3n) is 3.10. The van der Waals surface area contributed by atoms with Crippen LogP contribution in [0.25, 0.3) is 0 Å². The molecule has 1 aromatic heterocycles. The monoisotopic (exact) mass is 223 g/mol. The van der Waals surface area contributed by atoms with Gasteiger partial charge in [-0.15, -0.1) is 0 Å². The van der Waals surface area contributed by atoms with E-state index in [1.165, 1.54) is 0 Å². The zero-order valence-corrected chi connectivity index (χ0v) is 9.69. The Hall–Kier alpha value is -1.29. The summed E-state index contributed by atoms with van der Waals surface area (Å²) in [5.74, 6) is 1.11. The summed E-state index contributed by atoms with van der Waals surface area (Å²) in [7, 11) is 1.93. The maximum Gasteiger partial charge on any atom is 0.310 e. The van der Waals surface area contributed by atoms with E-state index < -0.39 is 11.4 Å². The maximum atomic E-state index is 11.0. The fraction of sp³-hybridized carbons (Fsp3) is 0.583. The van der Waals surface area contributed by atoms with E-state index in [2.05, 4.69) is 0 Å². The Bertz CT molecular complexity index is 393. The molecule has 4 heteroatoms. The molecule has 0 radical (unpaired) electrons. The molecule has 0 aromatic carbocycles. The number of aliphatic carboxylic acids is 1. The highest BCUT2D eigenvalue weighted by Crippen LogP contribution is 2.46. The number of furan rings is 1. The van der Waals surface area contributed by atoms with Gasteiger partial charge in [-0.2, -0.15) is 0 Å². The van der Waals surface area contributed by atoms with Gasteiger partial charge in [-0.05, 0) is 38.9 Å². The summed E-state index contributed by atoms with van der Waals surface area (Å²) in [6.45, 7) is 3.17. The number of aryl methyl sites for hydroxylation is 1. The van der Waals surface area contributed by atoms with E-state index in [0.717, 1.165) is 24.4 Å². The normalized spacial score (nSPS) is 17.7. The maximum absolute atomic E-state index is 11.0. The van der Waals surface area contributed by atoms with Gasteiger partial charge in [0.2, 0.25) is 0 Å². The molecule has 16 heavy (non-hydrogen) atoms. The summed E-state index contributed by atoms with van der Waals surface area (Å²) < 4.78 is 5.46. The van der Waals surface area contributed by atoms with Crippen molar-refractivity contribution in [3.8, 4) is 0 Å². The van der Waals surface area contributed by atoms with Crippen molar-refractivity contribution in [1.29, 1.82) is 0 Å². The number of carboxylic acids is 1. The van der Waals surface area contributed by atoms with E-state index >= 15 is 0 Å².